The predicted octanol–water partition coefficient (Wildman–Crippen LogP) is 0.841. The molecule has 0 aromatic carbocycles. The van der Waals surface area contributed by atoms with Gasteiger partial charge in [0.2, 0.25) is 5.78 Å². The molecule has 0 aliphatic carbocycles. The molecule has 5 heteroatoms. The van der Waals surface area contributed by atoms with Gasteiger partial charge in [-0.3, -0.25) is 4.40 Å². The first-order valence-electron chi connectivity index (χ1n) is 3.49. The van der Waals surface area contributed by atoms with E-state index in [1.54, 1.807) is 16.8 Å². The average molecular weight is 183 g/mol. The zero-order chi connectivity index (χ0) is 8.55. The number of hydrogen-bond donors (Lipinski definition) is 1. The van der Waals surface area contributed by atoms with E-state index in [0.717, 1.165) is 5.69 Å². The van der Waals surface area contributed by atoms with Crippen molar-refractivity contribution in [2.45, 2.75) is 6.54 Å². The molecule has 2 aromatic heterocycles. The van der Waals surface area contributed by atoms with Crippen molar-refractivity contribution in [2.75, 3.05) is 0 Å². The van der Waals surface area contributed by atoms with Gasteiger partial charge in [0.1, 0.15) is 0 Å². The Kier molecular flexibility index (Phi) is 1.71. The number of nitrogens with zero attached hydrogens (tertiary/aromatic N) is 3. The Balaban J connectivity index is 2.67. The SMILES string of the molecule is NCc1cn2cc(Cl)cnc2n1. The van der Waals surface area contributed by atoms with E-state index in [9.17, 15) is 0 Å². The maximum Gasteiger partial charge on any atom is 0.234 e. The first-order chi connectivity index (χ1) is 5.79. The second kappa shape index (κ2) is 2.73. The number of imidazole rings is 1. The lowest BCUT2D eigenvalue weighted by Gasteiger charge is -1.90. The fourth-order valence-corrected chi connectivity index (χ4v) is 1.16. The molecule has 0 bridgehead atoms. The average Bonchev–Trinajstić information content (AvgIpc) is 2.46. The van der Waals surface area contributed by atoms with Gasteiger partial charge in [0, 0.05) is 18.9 Å². The predicted molar refractivity (Wildman–Crippen MR) is 45.9 cm³/mol. The number of hydrogen-bond acceptors (Lipinski definition) is 3. The molecule has 12 heavy (non-hydrogen) atoms. The molecule has 2 N–H and O–H groups in total. The lowest BCUT2D eigenvalue weighted by molar-refractivity contribution is 1.01. The number of nitrogens with two attached hydrogens (primary N) is 1. The summed E-state index contributed by atoms with van der Waals surface area (Å²) >= 11 is 5.73. The summed E-state index contributed by atoms with van der Waals surface area (Å²) in [5.74, 6) is 0.625. The maximum atomic E-state index is 5.73. The summed E-state index contributed by atoms with van der Waals surface area (Å²) < 4.78 is 1.75. The molecule has 0 fully saturated rings. The second-order valence-corrected chi connectivity index (χ2v) is 2.85. The highest BCUT2D eigenvalue weighted by Gasteiger charge is 2.00. The van der Waals surface area contributed by atoms with Crippen LogP contribution in [-0.4, -0.2) is 14.4 Å². The van der Waals surface area contributed by atoms with Crippen molar-refractivity contribution < 1.29 is 0 Å². The van der Waals surface area contributed by atoms with Crippen molar-refractivity contribution in [2.24, 2.45) is 5.73 Å². The Morgan fingerprint density at radius 1 is 1.50 bits per heavy atom. The van der Waals surface area contributed by atoms with E-state index < -0.39 is 0 Å². The largest absolute Gasteiger partial charge is 0.325 e. The first-order valence-corrected chi connectivity index (χ1v) is 3.86. The summed E-state index contributed by atoms with van der Waals surface area (Å²) in [5.41, 5.74) is 6.23. The molecule has 0 spiro atoms. The van der Waals surface area contributed by atoms with Crippen molar-refractivity contribution in [1.29, 1.82) is 0 Å². The Bertz CT molecular complexity index is 409. The minimum atomic E-state index is 0.418. The van der Waals surface area contributed by atoms with Crippen molar-refractivity contribution in [3.05, 3.63) is 29.3 Å². The molecule has 2 aromatic rings. The molecule has 0 saturated heterocycles. The lowest BCUT2D eigenvalue weighted by Crippen LogP contribution is -1.95. The van der Waals surface area contributed by atoms with E-state index in [2.05, 4.69) is 9.97 Å². The molecule has 0 aliphatic rings. The minimum Gasteiger partial charge on any atom is -0.325 e. The van der Waals surface area contributed by atoms with Gasteiger partial charge >= 0.3 is 0 Å². The van der Waals surface area contributed by atoms with Crippen LogP contribution in [0.3, 0.4) is 0 Å². The van der Waals surface area contributed by atoms with Gasteiger partial charge in [-0.2, -0.15) is 0 Å². The normalized spacial score (nSPS) is 10.8. The van der Waals surface area contributed by atoms with Gasteiger partial charge in [-0.25, -0.2) is 9.97 Å². The summed E-state index contributed by atoms with van der Waals surface area (Å²) in [7, 11) is 0. The highest BCUT2D eigenvalue weighted by Crippen LogP contribution is 2.08. The topological polar surface area (TPSA) is 56.2 Å². The van der Waals surface area contributed by atoms with Gasteiger partial charge in [0.15, 0.2) is 0 Å². The quantitative estimate of drug-likeness (QED) is 0.711. The smallest absolute Gasteiger partial charge is 0.234 e. The molecule has 4 nitrogen and oxygen atoms in total. The Morgan fingerprint density at radius 3 is 3.08 bits per heavy atom. The third-order valence-corrected chi connectivity index (χ3v) is 1.73. The molecule has 0 amide bonds. The maximum absolute atomic E-state index is 5.73. The van der Waals surface area contributed by atoms with E-state index in [-0.39, 0.29) is 0 Å². The van der Waals surface area contributed by atoms with Gasteiger partial charge < -0.3 is 5.73 Å². The monoisotopic (exact) mass is 182 g/mol. The molecule has 2 heterocycles. The molecular weight excluding hydrogens is 176 g/mol. The van der Waals surface area contributed by atoms with Crippen molar-refractivity contribution in [3.63, 3.8) is 0 Å². The van der Waals surface area contributed by atoms with Crippen LogP contribution in [0.1, 0.15) is 5.69 Å². The fourth-order valence-electron chi connectivity index (χ4n) is 1.01. The van der Waals surface area contributed by atoms with Crippen LogP contribution in [0.5, 0.6) is 0 Å². The molecule has 62 valence electrons. The summed E-state index contributed by atoms with van der Waals surface area (Å²) in [6.45, 7) is 0.418. The van der Waals surface area contributed by atoms with Crippen LogP contribution in [-0.2, 0) is 6.54 Å². The standard InChI is InChI=1S/C7H7ClN4/c8-5-2-10-7-11-6(1-9)4-12(7)3-5/h2-4H,1,9H2. The van der Waals surface area contributed by atoms with Crippen LogP contribution in [0.4, 0.5) is 0 Å². The van der Waals surface area contributed by atoms with Gasteiger partial charge in [0.25, 0.3) is 0 Å². The molecule has 0 unspecified atom stereocenters. The molecule has 0 radical (unpaired) electrons. The van der Waals surface area contributed by atoms with Crippen molar-refractivity contribution >= 4 is 17.4 Å². The van der Waals surface area contributed by atoms with Crippen LogP contribution in [0.15, 0.2) is 18.6 Å². The molecule has 2 rings (SSSR count). The van der Waals surface area contributed by atoms with E-state index in [4.69, 9.17) is 17.3 Å². The van der Waals surface area contributed by atoms with Crippen molar-refractivity contribution in [3.8, 4) is 0 Å². The second-order valence-electron chi connectivity index (χ2n) is 2.42. The molecule has 0 atom stereocenters. The Labute approximate surface area is 74.0 Å². The van der Waals surface area contributed by atoms with Gasteiger partial charge in [-0.05, 0) is 0 Å². The first kappa shape index (κ1) is 7.52. The zero-order valence-corrected chi connectivity index (χ0v) is 6.99. The van der Waals surface area contributed by atoms with E-state index in [0.29, 0.717) is 17.3 Å². The Morgan fingerprint density at radius 2 is 2.33 bits per heavy atom. The van der Waals surface area contributed by atoms with Gasteiger partial charge in [0.05, 0.1) is 16.9 Å². The number of fused-ring (bicyclic) bond motifs is 1. The number of rotatable bonds is 1. The fraction of sp³-hybridized carbons (Fsp3) is 0.143. The molecule has 0 saturated carbocycles. The van der Waals surface area contributed by atoms with Crippen molar-refractivity contribution in [1.82, 2.24) is 14.4 Å². The minimum absolute atomic E-state index is 0.418. The third-order valence-electron chi connectivity index (χ3n) is 1.54. The van der Waals surface area contributed by atoms with Crippen LogP contribution in [0, 0.1) is 0 Å². The Hall–Kier alpha value is -1.13. The highest BCUT2D eigenvalue weighted by molar-refractivity contribution is 6.30. The molecule has 0 aliphatic heterocycles. The summed E-state index contributed by atoms with van der Waals surface area (Å²) in [5, 5.41) is 0.587. The van der Waals surface area contributed by atoms with Crippen LogP contribution < -0.4 is 5.73 Å². The summed E-state index contributed by atoms with van der Waals surface area (Å²) in [6, 6.07) is 0. The van der Waals surface area contributed by atoms with Crippen LogP contribution in [0.25, 0.3) is 5.78 Å². The highest BCUT2D eigenvalue weighted by atomic mass is 35.5. The van der Waals surface area contributed by atoms with E-state index in [1.165, 1.54) is 0 Å². The van der Waals surface area contributed by atoms with Gasteiger partial charge in [-0.1, -0.05) is 11.6 Å². The summed E-state index contributed by atoms with van der Waals surface area (Å²) in [6.07, 6.45) is 5.12. The van der Waals surface area contributed by atoms with E-state index in [1.807, 2.05) is 6.20 Å². The number of halogens is 1. The van der Waals surface area contributed by atoms with Gasteiger partial charge in [-0.15, -0.1) is 0 Å². The lowest BCUT2D eigenvalue weighted by atomic mass is 10.5. The summed E-state index contributed by atoms with van der Waals surface area (Å²) in [4.78, 5) is 8.15. The third kappa shape index (κ3) is 1.15. The molecular formula is C7H7ClN4. The van der Waals surface area contributed by atoms with E-state index >= 15 is 0 Å². The van der Waals surface area contributed by atoms with Crippen LogP contribution in [0.2, 0.25) is 5.02 Å². The van der Waals surface area contributed by atoms with Crippen LogP contribution >= 0.6 is 11.6 Å². The zero-order valence-electron chi connectivity index (χ0n) is 6.24. The number of aromatic nitrogens is 3.